The molecule has 0 radical (unpaired) electrons. The normalized spacial score (nSPS) is 11.8. The molecule has 0 aromatic carbocycles. The van der Waals surface area contributed by atoms with Gasteiger partial charge in [0.15, 0.2) is 5.13 Å². The molecule has 1 amide bonds. The van der Waals surface area contributed by atoms with Crippen LogP contribution in [0.15, 0.2) is 0 Å². The van der Waals surface area contributed by atoms with E-state index < -0.39 is 6.04 Å². The number of anilines is 1. The molecule has 1 heterocycles. The molecule has 7 heteroatoms. The van der Waals surface area contributed by atoms with E-state index in [4.69, 9.17) is 10.5 Å². The Kier molecular flexibility index (Phi) is 7.29. The molecule has 98 valence electrons. The van der Waals surface area contributed by atoms with E-state index in [0.29, 0.717) is 5.13 Å². The van der Waals surface area contributed by atoms with Gasteiger partial charge in [0.2, 0.25) is 5.91 Å². The molecular formula is C10H18ClN3O2S. The molecule has 1 aromatic rings. The number of nitrogens with one attached hydrogen (secondary N) is 1. The highest BCUT2D eigenvalue weighted by Crippen LogP contribution is 2.22. The molecule has 3 N–H and O–H groups in total. The molecule has 1 unspecified atom stereocenters. The fraction of sp³-hybridized carbons (Fsp3) is 0.600. The summed E-state index contributed by atoms with van der Waals surface area (Å²) in [6, 6.07) is -0.653. The summed E-state index contributed by atoms with van der Waals surface area (Å²) in [5.74, 6) is -0.266. The first-order valence-electron chi connectivity index (χ1n) is 5.10. The predicted molar refractivity (Wildman–Crippen MR) is 72.0 cm³/mol. The monoisotopic (exact) mass is 279 g/mol. The Labute approximate surface area is 111 Å². The highest BCUT2D eigenvalue weighted by atomic mass is 35.5. The Morgan fingerprint density at radius 1 is 1.65 bits per heavy atom. The maximum absolute atomic E-state index is 11.6. The summed E-state index contributed by atoms with van der Waals surface area (Å²) in [6.45, 7) is 4.22. The number of aromatic nitrogens is 1. The van der Waals surface area contributed by atoms with Crippen molar-refractivity contribution in [2.75, 3.05) is 19.0 Å². The van der Waals surface area contributed by atoms with Gasteiger partial charge < -0.3 is 15.8 Å². The molecule has 0 fully saturated rings. The van der Waals surface area contributed by atoms with Gasteiger partial charge in [-0.3, -0.25) is 4.79 Å². The van der Waals surface area contributed by atoms with Gasteiger partial charge in [-0.15, -0.1) is 23.7 Å². The van der Waals surface area contributed by atoms with Gasteiger partial charge in [-0.1, -0.05) is 6.92 Å². The summed E-state index contributed by atoms with van der Waals surface area (Å²) < 4.78 is 4.81. The van der Waals surface area contributed by atoms with Gasteiger partial charge in [-0.05, 0) is 13.3 Å². The number of amides is 1. The molecule has 5 nitrogen and oxygen atoms in total. The molecule has 1 rings (SSSR count). The van der Waals surface area contributed by atoms with Crippen LogP contribution in [0, 0.1) is 6.92 Å². The molecule has 0 saturated carbocycles. The first-order valence-corrected chi connectivity index (χ1v) is 5.91. The van der Waals surface area contributed by atoms with Crippen molar-refractivity contribution in [3.05, 3.63) is 10.6 Å². The molecule has 17 heavy (non-hydrogen) atoms. The molecule has 0 spiro atoms. The van der Waals surface area contributed by atoms with Gasteiger partial charge in [-0.2, -0.15) is 0 Å². The topological polar surface area (TPSA) is 77.2 Å². The van der Waals surface area contributed by atoms with Crippen LogP contribution in [0.4, 0.5) is 5.13 Å². The lowest BCUT2D eigenvalue weighted by molar-refractivity contribution is -0.118. The van der Waals surface area contributed by atoms with Gasteiger partial charge in [0.05, 0.1) is 12.3 Å². The summed E-state index contributed by atoms with van der Waals surface area (Å²) in [5.41, 5.74) is 6.61. The summed E-state index contributed by atoms with van der Waals surface area (Å²) in [5, 5.41) is 3.29. The number of rotatable bonds is 5. The largest absolute Gasteiger partial charge is 0.383 e. The van der Waals surface area contributed by atoms with Crippen LogP contribution >= 0.6 is 23.7 Å². The smallest absolute Gasteiger partial charge is 0.245 e. The third kappa shape index (κ3) is 4.59. The van der Waals surface area contributed by atoms with Crippen molar-refractivity contribution in [3.63, 3.8) is 0 Å². The van der Waals surface area contributed by atoms with Gasteiger partial charge in [-0.25, -0.2) is 4.98 Å². The molecular weight excluding hydrogens is 262 g/mol. The highest BCUT2D eigenvalue weighted by molar-refractivity contribution is 7.15. The highest BCUT2D eigenvalue weighted by Gasteiger charge is 2.15. The van der Waals surface area contributed by atoms with Gasteiger partial charge in [0.1, 0.15) is 6.04 Å². The Hall–Kier alpha value is -0.690. The van der Waals surface area contributed by atoms with Gasteiger partial charge in [0, 0.05) is 12.0 Å². The molecule has 1 atom stereocenters. The van der Waals surface area contributed by atoms with Crippen molar-refractivity contribution in [2.45, 2.75) is 26.3 Å². The van der Waals surface area contributed by atoms with Crippen LogP contribution in [0.25, 0.3) is 0 Å². The van der Waals surface area contributed by atoms with Crippen LogP contribution < -0.4 is 11.1 Å². The Bertz CT molecular complexity index is 370. The van der Waals surface area contributed by atoms with E-state index in [9.17, 15) is 4.79 Å². The standard InChI is InChI=1S/C10H17N3O2S.ClH/c1-4-8-6(2)16-10(12-8)13-9(14)7(11)5-15-3;/h7H,4-5,11H2,1-3H3,(H,12,13,14);1H. The van der Waals surface area contributed by atoms with Crippen LogP contribution in [0.1, 0.15) is 17.5 Å². The van der Waals surface area contributed by atoms with Crippen LogP contribution in [0.3, 0.4) is 0 Å². The number of carbonyl (C=O) groups excluding carboxylic acids is 1. The third-order valence-corrected chi connectivity index (χ3v) is 3.07. The van der Waals surface area contributed by atoms with E-state index in [-0.39, 0.29) is 24.9 Å². The van der Waals surface area contributed by atoms with E-state index in [1.54, 1.807) is 0 Å². The van der Waals surface area contributed by atoms with E-state index in [1.165, 1.54) is 18.4 Å². The number of hydrogen-bond donors (Lipinski definition) is 2. The lowest BCUT2D eigenvalue weighted by atomic mass is 10.3. The Morgan fingerprint density at radius 3 is 2.76 bits per heavy atom. The number of nitrogens with two attached hydrogens (primary N) is 1. The summed E-state index contributed by atoms with van der Waals surface area (Å²) in [4.78, 5) is 17.0. The van der Waals surface area contributed by atoms with Crippen LogP contribution in [0.5, 0.6) is 0 Å². The maximum Gasteiger partial charge on any atom is 0.245 e. The first kappa shape index (κ1) is 16.3. The second kappa shape index (κ2) is 7.60. The summed E-state index contributed by atoms with van der Waals surface area (Å²) in [6.07, 6.45) is 0.863. The van der Waals surface area contributed by atoms with Crippen molar-refractivity contribution in [3.8, 4) is 0 Å². The molecule has 1 aromatic heterocycles. The van der Waals surface area contributed by atoms with E-state index in [0.717, 1.165) is 17.0 Å². The minimum atomic E-state index is -0.653. The maximum atomic E-state index is 11.6. The number of thiazole rings is 1. The van der Waals surface area contributed by atoms with Crippen LogP contribution in [-0.4, -0.2) is 30.6 Å². The average Bonchev–Trinajstić information content (AvgIpc) is 2.59. The number of ether oxygens (including phenoxy) is 1. The minimum Gasteiger partial charge on any atom is -0.383 e. The zero-order chi connectivity index (χ0) is 12.1. The first-order chi connectivity index (χ1) is 7.58. The molecule has 0 aliphatic heterocycles. The molecule has 0 aliphatic carbocycles. The zero-order valence-corrected chi connectivity index (χ0v) is 11.8. The fourth-order valence-corrected chi connectivity index (χ4v) is 2.17. The zero-order valence-electron chi connectivity index (χ0n) is 10.1. The van der Waals surface area contributed by atoms with Crippen molar-refractivity contribution >= 4 is 34.8 Å². The minimum absolute atomic E-state index is 0. The SMILES string of the molecule is CCc1nc(NC(=O)C(N)COC)sc1C.Cl. The molecule has 0 saturated heterocycles. The molecule has 0 bridgehead atoms. The summed E-state index contributed by atoms with van der Waals surface area (Å²) >= 11 is 1.46. The van der Waals surface area contributed by atoms with E-state index >= 15 is 0 Å². The fourth-order valence-electron chi connectivity index (χ4n) is 1.26. The third-order valence-electron chi connectivity index (χ3n) is 2.14. The van der Waals surface area contributed by atoms with E-state index in [2.05, 4.69) is 10.3 Å². The van der Waals surface area contributed by atoms with Gasteiger partial charge >= 0.3 is 0 Å². The van der Waals surface area contributed by atoms with Crippen molar-refractivity contribution in [1.29, 1.82) is 0 Å². The lowest BCUT2D eigenvalue weighted by Gasteiger charge is -2.08. The Morgan fingerprint density at radius 2 is 2.29 bits per heavy atom. The Balaban J connectivity index is 0.00000256. The predicted octanol–water partition coefficient (Wildman–Crippen LogP) is 1.35. The number of methoxy groups -OCH3 is 1. The van der Waals surface area contributed by atoms with Crippen LogP contribution in [-0.2, 0) is 16.0 Å². The number of aryl methyl sites for hydroxylation is 2. The number of nitrogens with zero attached hydrogens (tertiary/aromatic N) is 1. The van der Waals surface area contributed by atoms with Crippen molar-refractivity contribution < 1.29 is 9.53 Å². The van der Waals surface area contributed by atoms with Gasteiger partial charge in [0.25, 0.3) is 0 Å². The lowest BCUT2D eigenvalue weighted by Crippen LogP contribution is -2.39. The number of halogens is 1. The summed E-state index contributed by atoms with van der Waals surface area (Å²) in [7, 11) is 1.51. The quantitative estimate of drug-likeness (QED) is 0.853. The molecule has 0 aliphatic rings. The number of carbonyl (C=O) groups is 1. The second-order valence-electron chi connectivity index (χ2n) is 3.43. The van der Waals surface area contributed by atoms with Crippen LogP contribution in [0.2, 0.25) is 0 Å². The average molecular weight is 280 g/mol. The van der Waals surface area contributed by atoms with Crippen molar-refractivity contribution in [2.24, 2.45) is 5.73 Å². The van der Waals surface area contributed by atoms with Crippen molar-refractivity contribution in [1.82, 2.24) is 4.98 Å². The second-order valence-corrected chi connectivity index (χ2v) is 4.63. The number of hydrogen-bond acceptors (Lipinski definition) is 5. The van der Waals surface area contributed by atoms with E-state index in [1.807, 2.05) is 13.8 Å².